The van der Waals surface area contributed by atoms with Crippen LogP contribution in [0.2, 0.25) is 0 Å². The van der Waals surface area contributed by atoms with Crippen molar-refractivity contribution < 1.29 is 0 Å². The second-order valence-electron chi connectivity index (χ2n) is 6.27. The molecule has 0 aliphatic heterocycles. The minimum atomic E-state index is 0.479. The monoisotopic (exact) mass is 247 g/mol. The molecule has 0 aromatic carbocycles. The smallest absolute Gasteiger partial charge is 0.0492 e. The first-order valence-corrected chi connectivity index (χ1v) is 7.52. The van der Waals surface area contributed by atoms with Crippen molar-refractivity contribution in [2.75, 3.05) is 6.54 Å². The van der Waals surface area contributed by atoms with E-state index in [1.165, 1.54) is 44.3 Å². The third kappa shape index (κ3) is 2.46. The van der Waals surface area contributed by atoms with Crippen LogP contribution in [0.4, 0.5) is 0 Å². The zero-order valence-corrected chi connectivity index (χ0v) is 11.6. The molecule has 1 aromatic rings. The Kier molecular flexibility index (Phi) is 3.42. The predicted octanol–water partition coefficient (Wildman–Crippen LogP) is 3.10. The first-order valence-electron chi connectivity index (χ1n) is 7.52. The summed E-state index contributed by atoms with van der Waals surface area (Å²) in [5.41, 5.74) is 1.46. The number of aromatic nitrogens is 2. The van der Waals surface area contributed by atoms with Crippen LogP contribution >= 0.6 is 0 Å². The number of rotatable bonds is 5. The molecule has 3 rings (SSSR count). The molecule has 1 N–H and O–H groups in total. The van der Waals surface area contributed by atoms with Gasteiger partial charge in [0, 0.05) is 29.9 Å². The van der Waals surface area contributed by atoms with Crippen LogP contribution in [0.15, 0.2) is 12.3 Å². The van der Waals surface area contributed by atoms with Gasteiger partial charge in [0.1, 0.15) is 0 Å². The summed E-state index contributed by atoms with van der Waals surface area (Å²) in [6.07, 6.45) is 8.86. The highest BCUT2D eigenvalue weighted by atomic mass is 15.3. The maximum Gasteiger partial charge on any atom is 0.0492 e. The van der Waals surface area contributed by atoms with Gasteiger partial charge in [0.2, 0.25) is 0 Å². The average molecular weight is 247 g/mol. The van der Waals surface area contributed by atoms with E-state index in [2.05, 4.69) is 35.0 Å². The van der Waals surface area contributed by atoms with Gasteiger partial charge in [-0.15, -0.1) is 0 Å². The van der Waals surface area contributed by atoms with Gasteiger partial charge in [0.15, 0.2) is 0 Å². The van der Waals surface area contributed by atoms with Gasteiger partial charge in [0.05, 0.1) is 0 Å². The highest BCUT2D eigenvalue weighted by molar-refractivity contribution is 5.12. The van der Waals surface area contributed by atoms with Crippen molar-refractivity contribution in [1.82, 2.24) is 15.1 Å². The molecule has 1 heterocycles. The van der Waals surface area contributed by atoms with Gasteiger partial charge in [-0.2, -0.15) is 5.10 Å². The maximum absolute atomic E-state index is 4.50. The van der Waals surface area contributed by atoms with Crippen LogP contribution in [-0.4, -0.2) is 22.4 Å². The van der Waals surface area contributed by atoms with E-state index >= 15 is 0 Å². The number of hydrogen-bond acceptors (Lipinski definition) is 2. The second kappa shape index (κ2) is 5.04. The first-order chi connectivity index (χ1) is 8.75. The van der Waals surface area contributed by atoms with Crippen LogP contribution in [0.3, 0.4) is 0 Å². The van der Waals surface area contributed by atoms with Crippen molar-refractivity contribution in [3.05, 3.63) is 18.0 Å². The molecule has 0 bridgehead atoms. The van der Waals surface area contributed by atoms with Crippen molar-refractivity contribution in [3.8, 4) is 0 Å². The summed E-state index contributed by atoms with van der Waals surface area (Å²) in [6, 6.07) is 3.55. The molecule has 3 heteroatoms. The molecule has 1 aromatic heterocycles. The molecule has 0 radical (unpaired) electrons. The Bertz CT molecular complexity index is 392. The molecule has 2 saturated carbocycles. The van der Waals surface area contributed by atoms with E-state index in [0.29, 0.717) is 6.04 Å². The quantitative estimate of drug-likeness (QED) is 0.866. The first kappa shape index (κ1) is 12.2. The minimum absolute atomic E-state index is 0.479. The van der Waals surface area contributed by atoms with Gasteiger partial charge < -0.3 is 5.32 Å². The molecule has 100 valence electrons. The van der Waals surface area contributed by atoms with Crippen molar-refractivity contribution in [3.63, 3.8) is 0 Å². The fourth-order valence-corrected chi connectivity index (χ4v) is 3.33. The Morgan fingerprint density at radius 1 is 1.33 bits per heavy atom. The highest BCUT2D eigenvalue weighted by Gasteiger charge is 2.32. The molecule has 0 spiro atoms. The van der Waals surface area contributed by atoms with Crippen LogP contribution in [0.1, 0.15) is 63.6 Å². The van der Waals surface area contributed by atoms with Gasteiger partial charge in [-0.1, -0.05) is 6.42 Å². The Labute approximate surface area is 110 Å². The van der Waals surface area contributed by atoms with Crippen molar-refractivity contribution in [2.45, 2.75) is 64.0 Å². The lowest BCUT2D eigenvalue weighted by Crippen LogP contribution is -2.27. The fraction of sp³-hybridized carbons (Fsp3) is 0.800. The largest absolute Gasteiger partial charge is 0.314 e. The Morgan fingerprint density at radius 3 is 2.89 bits per heavy atom. The Hall–Kier alpha value is -0.830. The third-order valence-electron chi connectivity index (χ3n) is 4.48. The lowest BCUT2D eigenvalue weighted by atomic mass is 9.92. The molecular weight excluding hydrogens is 222 g/mol. The third-order valence-corrected chi connectivity index (χ3v) is 4.48. The lowest BCUT2D eigenvalue weighted by Gasteiger charge is -2.22. The summed E-state index contributed by atoms with van der Waals surface area (Å²) in [7, 11) is 0. The van der Waals surface area contributed by atoms with E-state index in [0.717, 1.165) is 17.9 Å². The standard InChI is InChI=1S/C15H25N3/c1-11(2)18-15(8-9-17-18)14-5-3-4-12(14)10-16-13-6-7-13/h8-9,11-14,16H,3-7,10H2,1-2H3. The van der Waals surface area contributed by atoms with Crippen LogP contribution in [0.5, 0.6) is 0 Å². The topological polar surface area (TPSA) is 29.9 Å². The summed E-state index contributed by atoms with van der Waals surface area (Å²) in [6.45, 7) is 5.66. The molecule has 2 atom stereocenters. The van der Waals surface area contributed by atoms with Gasteiger partial charge >= 0.3 is 0 Å². The maximum atomic E-state index is 4.50. The zero-order valence-electron chi connectivity index (χ0n) is 11.6. The van der Waals surface area contributed by atoms with Gasteiger partial charge in [0.25, 0.3) is 0 Å². The number of nitrogens with zero attached hydrogens (tertiary/aromatic N) is 2. The molecule has 0 amide bonds. The normalized spacial score (nSPS) is 28.2. The molecule has 2 aliphatic carbocycles. The van der Waals surface area contributed by atoms with Crippen molar-refractivity contribution in [2.24, 2.45) is 5.92 Å². The Morgan fingerprint density at radius 2 is 2.17 bits per heavy atom. The summed E-state index contributed by atoms with van der Waals surface area (Å²) >= 11 is 0. The summed E-state index contributed by atoms with van der Waals surface area (Å²) in [4.78, 5) is 0. The average Bonchev–Trinajstić information content (AvgIpc) is 2.89. The molecule has 3 nitrogen and oxygen atoms in total. The van der Waals surface area contributed by atoms with Crippen LogP contribution < -0.4 is 5.32 Å². The van der Waals surface area contributed by atoms with E-state index in [4.69, 9.17) is 0 Å². The fourth-order valence-electron chi connectivity index (χ4n) is 3.33. The second-order valence-corrected chi connectivity index (χ2v) is 6.27. The lowest BCUT2D eigenvalue weighted by molar-refractivity contribution is 0.405. The van der Waals surface area contributed by atoms with Crippen molar-refractivity contribution in [1.29, 1.82) is 0 Å². The number of hydrogen-bond donors (Lipinski definition) is 1. The van der Waals surface area contributed by atoms with E-state index in [1.54, 1.807) is 0 Å². The molecule has 0 saturated heterocycles. The molecular formula is C15H25N3. The van der Waals surface area contributed by atoms with Crippen molar-refractivity contribution >= 4 is 0 Å². The molecule has 18 heavy (non-hydrogen) atoms. The summed E-state index contributed by atoms with van der Waals surface area (Å²) in [5, 5.41) is 8.21. The number of nitrogens with one attached hydrogen (secondary N) is 1. The predicted molar refractivity (Wildman–Crippen MR) is 73.7 cm³/mol. The van der Waals surface area contributed by atoms with Gasteiger partial charge in [-0.3, -0.25) is 4.68 Å². The molecule has 2 unspecified atom stereocenters. The van der Waals surface area contributed by atoms with Crippen LogP contribution in [0.25, 0.3) is 0 Å². The highest BCUT2D eigenvalue weighted by Crippen LogP contribution is 2.40. The van der Waals surface area contributed by atoms with Crippen LogP contribution in [0, 0.1) is 5.92 Å². The van der Waals surface area contributed by atoms with E-state index < -0.39 is 0 Å². The van der Waals surface area contributed by atoms with E-state index in [-0.39, 0.29) is 0 Å². The van der Waals surface area contributed by atoms with Gasteiger partial charge in [-0.25, -0.2) is 0 Å². The molecule has 2 aliphatic rings. The van der Waals surface area contributed by atoms with E-state index in [1.807, 2.05) is 6.20 Å². The van der Waals surface area contributed by atoms with Crippen LogP contribution in [-0.2, 0) is 0 Å². The van der Waals surface area contributed by atoms with E-state index in [9.17, 15) is 0 Å². The molecule has 2 fully saturated rings. The summed E-state index contributed by atoms with van der Waals surface area (Å²) in [5.74, 6) is 1.54. The van der Waals surface area contributed by atoms with Gasteiger partial charge in [-0.05, 0) is 58.1 Å². The Balaban J connectivity index is 1.70. The SMILES string of the molecule is CC(C)n1nccc1C1CCCC1CNC1CC1. The minimum Gasteiger partial charge on any atom is -0.314 e. The zero-order chi connectivity index (χ0) is 12.5. The summed E-state index contributed by atoms with van der Waals surface area (Å²) < 4.78 is 2.22.